The van der Waals surface area contributed by atoms with Crippen LogP contribution in [0, 0.1) is 0 Å². The van der Waals surface area contributed by atoms with Crippen LogP contribution < -0.4 is 5.32 Å². The number of aliphatic hydroxyl groups is 2. The molecule has 0 aliphatic rings. The predicted octanol–water partition coefficient (Wildman–Crippen LogP) is 9.67. The highest BCUT2D eigenvalue weighted by molar-refractivity contribution is 5.76. The summed E-state index contributed by atoms with van der Waals surface area (Å²) in [5.41, 5.74) is 0. The lowest BCUT2D eigenvalue weighted by atomic mass is 10.0. The first-order valence-electron chi connectivity index (χ1n) is 16.9. The second-order valence-electron chi connectivity index (χ2n) is 11.2. The van der Waals surface area contributed by atoms with Gasteiger partial charge in [0, 0.05) is 6.42 Å². The van der Waals surface area contributed by atoms with Crippen LogP contribution in [0.5, 0.6) is 0 Å². The summed E-state index contributed by atoms with van der Waals surface area (Å²) in [5.74, 6) is -0.0965. The number of unbranched alkanes of at least 4 members (excludes halogenated alkanes) is 16. The van der Waals surface area contributed by atoms with E-state index in [4.69, 9.17) is 0 Å². The van der Waals surface area contributed by atoms with E-state index in [0.717, 1.165) is 57.8 Å². The van der Waals surface area contributed by atoms with E-state index in [0.29, 0.717) is 6.42 Å². The van der Waals surface area contributed by atoms with Crippen molar-refractivity contribution in [3.05, 3.63) is 48.6 Å². The monoisotopic (exact) mass is 559 g/mol. The Morgan fingerprint density at radius 2 is 1.10 bits per heavy atom. The van der Waals surface area contributed by atoms with Gasteiger partial charge in [0.15, 0.2) is 0 Å². The smallest absolute Gasteiger partial charge is 0.220 e. The molecule has 0 bridgehead atoms. The Bertz CT molecular complexity index is 652. The maximum absolute atomic E-state index is 12.2. The molecule has 0 fully saturated rings. The van der Waals surface area contributed by atoms with E-state index in [2.05, 4.69) is 55.6 Å². The third-order valence-electron chi connectivity index (χ3n) is 7.32. The molecule has 4 heteroatoms. The van der Waals surface area contributed by atoms with Crippen LogP contribution in [0.2, 0.25) is 0 Å². The minimum absolute atomic E-state index is 0.0965. The molecule has 40 heavy (non-hydrogen) atoms. The van der Waals surface area contributed by atoms with Crippen LogP contribution in [0.1, 0.15) is 155 Å². The van der Waals surface area contributed by atoms with Gasteiger partial charge in [-0.3, -0.25) is 4.79 Å². The van der Waals surface area contributed by atoms with E-state index >= 15 is 0 Å². The molecule has 0 radical (unpaired) electrons. The van der Waals surface area contributed by atoms with Gasteiger partial charge < -0.3 is 15.5 Å². The molecule has 2 unspecified atom stereocenters. The van der Waals surface area contributed by atoms with E-state index in [1.165, 1.54) is 77.0 Å². The summed E-state index contributed by atoms with van der Waals surface area (Å²) in [6.07, 6.45) is 41.9. The number of nitrogens with one attached hydrogen (secondary N) is 1. The van der Waals surface area contributed by atoms with Gasteiger partial charge >= 0.3 is 0 Å². The minimum atomic E-state index is -0.849. The number of amides is 1. The first-order chi connectivity index (χ1) is 19.7. The summed E-state index contributed by atoms with van der Waals surface area (Å²) in [6.45, 7) is 4.16. The van der Waals surface area contributed by atoms with E-state index in [1.807, 2.05) is 6.08 Å². The number of carbonyl (C=O) groups is 1. The molecule has 4 nitrogen and oxygen atoms in total. The van der Waals surface area contributed by atoms with E-state index in [-0.39, 0.29) is 12.5 Å². The molecule has 0 saturated heterocycles. The third-order valence-corrected chi connectivity index (χ3v) is 7.32. The Labute approximate surface area is 248 Å². The lowest BCUT2D eigenvalue weighted by molar-refractivity contribution is -0.123. The van der Waals surface area contributed by atoms with E-state index in [1.54, 1.807) is 6.08 Å². The summed E-state index contributed by atoms with van der Waals surface area (Å²) in [6, 6.07) is -0.635. The topological polar surface area (TPSA) is 69.6 Å². The van der Waals surface area contributed by atoms with Gasteiger partial charge in [-0.15, -0.1) is 0 Å². The second kappa shape index (κ2) is 31.9. The molecule has 0 saturated carbocycles. The van der Waals surface area contributed by atoms with Crippen molar-refractivity contribution in [1.29, 1.82) is 0 Å². The molecule has 0 aromatic carbocycles. The van der Waals surface area contributed by atoms with Crippen molar-refractivity contribution in [1.82, 2.24) is 5.32 Å². The molecule has 0 aliphatic heterocycles. The molecule has 232 valence electrons. The molecule has 0 spiro atoms. The largest absolute Gasteiger partial charge is 0.394 e. The van der Waals surface area contributed by atoms with Gasteiger partial charge in [-0.25, -0.2) is 0 Å². The van der Waals surface area contributed by atoms with Crippen LogP contribution in [-0.4, -0.2) is 34.9 Å². The summed E-state index contributed by atoms with van der Waals surface area (Å²) in [7, 11) is 0. The normalized spacial score (nSPS) is 13.8. The molecular formula is C36H65NO3. The van der Waals surface area contributed by atoms with Crippen LogP contribution in [-0.2, 0) is 4.79 Å². The fourth-order valence-electron chi connectivity index (χ4n) is 4.72. The van der Waals surface area contributed by atoms with Gasteiger partial charge in [0.2, 0.25) is 5.91 Å². The van der Waals surface area contributed by atoms with Gasteiger partial charge in [-0.05, 0) is 51.4 Å². The van der Waals surface area contributed by atoms with Gasteiger partial charge in [0.05, 0.1) is 18.8 Å². The average Bonchev–Trinajstić information content (AvgIpc) is 2.96. The third kappa shape index (κ3) is 27.9. The Hall–Kier alpha value is -1.65. The first-order valence-corrected chi connectivity index (χ1v) is 16.9. The molecule has 0 aliphatic carbocycles. The van der Waals surface area contributed by atoms with Crippen molar-refractivity contribution in [2.75, 3.05) is 6.61 Å². The molecule has 0 rings (SSSR count). The summed E-state index contributed by atoms with van der Waals surface area (Å²) < 4.78 is 0. The molecular weight excluding hydrogens is 494 g/mol. The van der Waals surface area contributed by atoms with Crippen LogP contribution in [0.3, 0.4) is 0 Å². The van der Waals surface area contributed by atoms with Gasteiger partial charge in [0.1, 0.15) is 0 Å². The molecule has 3 N–H and O–H groups in total. The highest BCUT2D eigenvalue weighted by Crippen LogP contribution is 2.13. The summed E-state index contributed by atoms with van der Waals surface area (Å²) in [4.78, 5) is 12.2. The number of hydrogen-bond acceptors (Lipinski definition) is 3. The molecule has 2 atom stereocenters. The fourth-order valence-corrected chi connectivity index (χ4v) is 4.72. The summed E-state index contributed by atoms with van der Waals surface area (Å²) >= 11 is 0. The maximum atomic E-state index is 12.2. The first kappa shape index (κ1) is 38.4. The van der Waals surface area contributed by atoms with Gasteiger partial charge in [0.25, 0.3) is 0 Å². The van der Waals surface area contributed by atoms with Crippen molar-refractivity contribution < 1.29 is 15.0 Å². The van der Waals surface area contributed by atoms with E-state index < -0.39 is 12.1 Å². The zero-order valence-electron chi connectivity index (χ0n) is 26.3. The zero-order valence-corrected chi connectivity index (χ0v) is 26.3. The second-order valence-corrected chi connectivity index (χ2v) is 11.2. The SMILES string of the molecule is CC/C=C\C/C=C\C/C=C\CCCCCC(=O)NC(CO)C(O)/C=C/CCCCCCCCCCCCCCC. The summed E-state index contributed by atoms with van der Waals surface area (Å²) in [5, 5.41) is 22.8. The minimum Gasteiger partial charge on any atom is -0.394 e. The van der Waals surface area contributed by atoms with Crippen molar-refractivity contribution >= 4 is 5.91 Å². The van der Waals surface area contributed by atoms with Crippen molar-refractivity contribution in [2.45, 2.75) is 167 Å². The zero-order chi connectivity index (χ0) is 29.4. The number of allylic oxidation sites excluding steroid dienone is 7. The quantitative estimate of drug-likeness (QED) is 0.0631. The molecule has 1 amide bonds. The van der Waals surface area contributed by atoms with Crippen LogP contribution in [0.15, 0.2) is 48.6 Å². The Morgan fingerprint density at radius 3 is 1.65 bits per heavy atom. The Morgan fingerprint density at radius 1 is 0.625 bits per heavy atom. The van der Waals surface area contributed by atoms with Crippen LogP contribution in [0.25, 0.3) is 0 Å². The highest BCUT2D eigenvalue weighted by Gasteiger charge is 2.17. The van der Waals surface area contributed by atoms with Crippen LogP contribution >= 0.6 is 0 Å². The van der Waals surface area contributed by atoms with Crippen molar-refractivity contribution in [3.8, 4) is 0 Å². The Balaban J connectivity index is 3.72. The Kier molecular flexibility index (Phi) is 30.6. The predicted molar refractivity (Wildman–Crippen MR) is 175 cm³/mol. The van der Waals surface area contributed by atoms with Gasteiger partial charge in [-0.1, -0.05) is 146 Å². The standard InChI is InChI=1S/C36H65NO3/c1-3-5-7-9-11-13-15-17-18-20-21-23-25-27-29-31-35(39)34(33-38)37-36(40)32-30-28-26-24-22-19-16-14-12-10-8-6-4-2/h6,8,12,14,19,22,29,31,34-35,38-39H,3-5,7,9-11,13,15-18,20-21,23-28,30,32-33H2,1-2H3,(H,37,40)/b8-6-,14-12-,22-19-,31-29+. The molecule has 0 aromatic heterocycles. The van der Waals surface area contributed by atoms with Gasteiger partial charge in [-0.2, -0.15) is 0 Å². The highest BCUT2D eigenvalue weighted by atomic mass is 16.3. The maximum Gasteiger partial charge on any atom is 0.220 e. The molecule has 0 aromatic rings. The number of hydrogen-bond donors (Lipinski definition) is 3. The van der Waals surface area contributed by atoms with Crippen LogP contribution in [0.4, 0.5) is 0 Å². The van der Waals surface area contributed by atoms with E-state index in [9.17, 15) is 15.0 Å². The molecule has 0 heterocycles. The number of rotatable bonds is 29. The van der Waals surface area contributed by atoms with Crippen molar-refractivity contribution in [3.63, 3.8) is 0 Å². The lowest BCUT2D eigenvalue weighted by Crippen LogP contribution is -2.45. The fraction of sp³-hybridized carbons (Fsp3) is 0.750. The number of carbonyl (C=O) groups excluding carboxylic acids is 1. The average molecular weight is 560 g/mol. The lowest BCUT2D eigenvalue weighted by Gasteiger charge is -2.19. The van der Waals surface area contributed by atoms with Crippen molar-refractivity contribution in [2.24, 2.45) is 0 Å². The number of aliphatic hydroxyl groups excluding tert-OH is 2.